The fourth-order valence-electron chi connectivity index (χ4n) is 3.48. The lowest BCUT2D eigenvalue weighted by molar-refractivity contribution is 0.389. The van der Waals surface area contributed by atoms with E-state index in [0.717, 1.165) is 5.56 Å². The van der Waals surface area contributed by atoms with Gasteiger partial charge >= 0.3 is 0 Å². The lowest BCUT2D eigenvalue weighted by atomic mass is 10.0. The molecule has 1 heterocycles. The first-order valence-electron chi connectivity index (χ1n) is 9.83. The van der Waals surface area contributed by atoms with Crippen LogP contribution in [-0.4, -0.2) is 25.9 Å². The van der Waals surface area contributed by atoms with Crippen LogP contribution in [0.2, 0.25) is 15.1 Å². The summed E-state index contributed by atoms with van der Waals surface area (Å²) in [6, 6.07) is 18.1. The summed E-state index contributed by atoms with van der Waals surface area (Å²) in [6.07, 6.45) is 0.483. The number of rotatable bonds is 7. The van der Waals surface area contributed by atoms with Gasteiger partial charge in [-0.1, -0.05) is 46.9 Å². The Labute approximate surface area is 206 Å². The van der Waals surface area contributed by atoms with Crippen LogP contribution in [0, 0.1) is 0 Å². The van der Waals surface area contributed by atoms with Gasteiger partial charge in [-0.25, -0.2) is 13.1 Å². The normalized spacial score (nSPS) is 16.1. The minimum Gasteiger partial charge on any atom is -0.291 e. The minimum atomic E-state index is -3.78. The molecule has 1 aliphatic rings. The maximum atomic E-state index is 12.7. The van der Waals surface area contributed by atoms with Crippen LogP contribution in [0.3, 0.4) is 0 Å². The Morgan fingerprint density at radius 1 is 0.970 bits per heavy atom. The zero-order valence-corrected chi connectivity index (χ0v) is 20.1. The number of benzene rings is 3. The van der Waals surface area contributed by atoms with Gasteiger partial charge in [0, 0.05) is 16.5 Å². The van der Waals surface area contributed by atoms with Crippen LogP contribution in [0.25, 0.3) is 0 Å². The summed E-state index contributed by atoms with van der Waals surface area (Å²) in [7, 11) is -3.78. The summed E-state index contributed by atoms with van der Waals surface area (Å²) in [5, 5.41) is 16.9. The van der Waals surface area contributed by atoms with Crippen molar-refractivity contribution < 1.29 is 13.6 Å². The molecule has 3 N–H and O–H groups in total. The third-order valence-electron chi connectivity index (χ3n) is 5.14. The molecule has 0 spiro atoms. The smallest absolute Gasteiger partial charge is 0.240 e. The fourth-order valence-corrected chi connectivity index (χ4v) is 5.12. The molecule has 1 atom stereocenters. The van der Waals surface area contributed by atoms with Crippen molar-refractivity contribution in [2.45, 2.75) is 17.4 Å². The van der Waals surface area contributed by atoms with Gasteiger partial charge in [0.25, 0.3) is 0 Å². The minimum absolute atomic E-state index is 0.0220. The summed E-state index contributed by atoms with van der Waals surface area (Å²) in [5.41, 5.74) is 4.61. The van der Waals surface area contributed by atoms with Gasteiger partial charge < -0.3 is 0 Å². The summed E-state index contributed by atoms with van der Waals surface area (Å²) >= 11 is 18.5. The van der Waals surface area contributed by atoms with E-state index >= 15 is 0 Å². The van der Waals surface area contributed by atoms with E-state index in [1.54, 1.807) is 35.3 Å². The third kappa shape index (κ3) is 5.43. The van der Waals surface area contributed by atoms with Crippen LogP contribution in [0.4, 0.5) is 11.4 Å². The SMILES string of the molecule is O=S(=O)(NCC1=NN(c2ccc(Cl)cc2Cl)C(c2ccc(Cl)cc2)C1)c1ccc(NO)cc1. The highest BCUT2D eigenvalue weighted by Gasteiger charge is 2.31. The van der Waals surface area contributed by atoms with Crippen molar-refractivity contribution in [2.24, 2.45) is 5.10 Å². The number of halogens is 3. The second-order valence-electron chi connectivity index (χ2n) is 7.34. The van der Waals surface area contributed by atoms with Crippen molar-refractivity contribution in [3.63, 3.8) is 0 Å². The average Bonchev–Trinajstić information content (AvgIpc) is 3.22. The topological polar surface area (TPSA) is 94.0 Å². The molecule has 0 bridgehead atoms. The van der Waals surface area contributed by atoms with Gasteiger partial charge in [0.1, 0.15) is 0 Å². The Kier molecular flexibility index (Phi) is 7.13. The molecule has 0 amide bonds. The molecule has 4 rings (SSSR count). The zero-order chi connectivity index (χ0) is 23.6. The second-order valence-corrected chi connectivity index (χ2v) is 10.4. The number of hydrogen-bond donors (Lipinski definition) is 3. The predicted molar refractivity (Wildman–Crippen MR) is 132 cm³/mol. The van der Waals surface area contributed by atoms with Gasteiger partial charge in [0.15, 0.2) is 0 Å². The zero-order valence-electron chi connectivity index (χ0n) is 17.0. The van der Waals surface area contributed by atoms with Crippen LogP contribution in [0.5, 0.6) is 0 Å². The molecule has 1 aliphatic heterocycles. The number of nitrogens with one attached hydrogen (secondary N) is 2. The molecule has 172 valence electrons. The van der Waals surface area contributed by atoms with Crippen LogP contribution < -0.4 is 15.2 Å². The van der Waals surface area contributed by atoms with Crippen LogP contribution in [0.1, 0.15) is 18.0 Å². The van der Waals surface area contributed by atoms with Crippen LogP contribution in [-0.2, 0) is 10.0 Å². The standard InChI is InChI=1S/C22H19Cl3N4O3S/c23-15-3-1-14(2-4-15)22-12-18(27-29(22)21-10-5-16(24)11-20(21)25)13-26-33(31,32)19-8-6-17(28-30)7-9-19/h1-11,22,26,28,30H,12-13H2. The Morgan fingerprint density at radius 3 is 2.27 bits per heavy atom. The maximum Gasteiger partial charge on any atom is 0.240 e. The molecule has 7 nitrogen and oxygen atoms in total. The fraction of sp³-hybridized carbons (Fsp3) is 0.136. The average molecular weight is 526 g/mol. The monoisotopic (exact) mass is 524 g/mol. The van der Waals surface area contributed by atoms with E-state index in [2.05, 4.69) is 9.82 Å². The molecule has 11 heteroatoms. The molecule has 1 unspecified atom stereocenters. The number of hydrazone groups is 1. The van der Waals surface area contributed by atoms with Gasteiger partial charge in [0.05, 0.1) is 39.6 Å². The van der Waals surface area contributed by atoms with Crippen molar-refractivity contribution in [1.29, 1.82) is 0 Å². The molecule has 0 aromatic heterocycles. The van der Waals surface area contributed by atoms with E-state index in [4.69, 9.17) is 40.0 Å². The highest BCUT2D eigenvalue weighted by atomic mass is 35.5. The Hall–Kier alpha value is -2.33. The van der Waals surface area contributed by atoms with E-state index in [-0.39, 0.29) is 17.5 Å². The van der Waals surface area contributed by atoms with Crippen LogP contribution >= 0.6 is 34.8 Å². The molecule has 3 aromatic rings. The van der Waals surface area contributed by atoms with Gasteiger partial charge in [0.2, 0.25) is 10.0 Å². The molecule has 3 aromatic carbocycles. The summed E-state index contributed by atoms with van der Waals surface area (Å²) < 4.78 is 28.0. The van der Waals surface area contributed by atoms with E-state index in [9.17, 15) is 8.42 Å². The molecule has 0 fully saturated rings. The number of anilines is 2. The number of nitrogens with zero attached hydrogens (tertiary/aromatic N) is 2. The van der Waals surface area contributed by atoms with Gasteiger partial charge in [-0.3, -0.25) is 15.7 Å². The van der Waals surface area contributed by atoms with Crippen molar-refractivity contribution in [3.05, 3.63) is 87.4 Å². The number of sulfonamides is 1. The highest BCUT2D eigenvalue weighted by Crippen LogP contribution is 2.39. The molecule has 0 saturated carbocycles. The van der Waals surface area contributed by atoms with E-state index < -0.39 is 10.0 Å². The summed E-state index contributed by atoms with van der Waals surface area (Å²) in [6.45, 7) is 0.0220. The summed E-state index contributed by atoms with van der Waals surface area (Å²) in [5.74, 6) is 0. The van der Waals surface area contributed by atoms with Crippen molar-refractivity contribution in [3.8, 4) is 0 Å². The first-order chi connectivity index (χ1) is 15.8. The van der Waals surface area contributed by atoms with E-state index in [1.807, 2.05) is 17.6 Å². The largest absolute Gasteiger partial charge is 0.291 e. The first kappa shape index (κ1) is 23.8. The highest BCUT2D eigenvalue weighted by molar-refractivity contribution is 7.89. The summed E-state index contributed by atoms with van der Waals surface area (Å²) in [4.78, 5) is 0.0759. The quantitative estimate of drug-likeness (QED) is 0.342. The van der Waals surface area contributed by atoms with Crippen molar-refractivity contribution >= 4 is 61.9 Å². The van der Waals surface area contributed by atoms with Crippen LogP contribution in [0.15, 0.2) is 76.7 Å². The molecular formula is C22H19Cl3N4O3S. The first-order valence-corrected chi connectivity index (χ1v) is 12.4. The third-order valence-corrected chi connectivity index (χ3v) is 7.35. The van der Waals surface area contributed by atoms with Gasteiger partial charge in [-0.2, -0.15) is 5.10 Å². The van der Waals surface area contributed by atoms with Gasteiger partial charge in [-0.05, 0) is 60.2 Å². The van der Waals surface area contributed by atoms with E-state index in [0.29, 0.717) is 38.6 Å². The predicted octanol–water partition coefficient (Wildman–Crippen LogP) is 5.73. The lowest BCUT2D eigenvalue weighted by Crippen LogP contribution is -2.29. The van der Waals surface area contributed by atoms with E-state index in [1.165, 1.54) is 24.3 Å². The molecule has 0 saturated heterocycles. The Morgan fingerprint density at radius 2 is 1.64 bits per heavy atom. The Bertz CT molecular complexity index is 1280. The van der Waals surface area contributed by atoms with Crippen molar-refractivity contribution in [2.75, 3.05) is 17.0 Å². The molecule has 0 radical (unpaired) electrons. The lowest BCUT2D eigenvalue weighted by Gasteiger charge is -2.25. The second kappa shape index (κ2) is 9.89. The van der Waals surface area contributed by atoms with Crippen molar-refractivity contribution in [1.82, 2.24) is 4.72 Å². The number of hydrogen-bond acceptors (Lipinski definition) is 6. The molecular weight excluding hydrogens is 507 g/mol. The maximum absolute atomic E-state index is 12.7. The van der Waals surface area contributed by atoms with Gasteiger partial charge in [-0.15, -0.1) is 0 Å². The molecule has 33 heavy (non-hydrogen) atoms. The Balaban J connectivity index is 1.59. The molecule has 0 aliphatic carbocycles.